The van der Waals surface area contributed by atoms with E-state index in [0.29, 0.717) is 18.4 Å². The van der Waals surface area contributed by atoms with Gasteiger partial charge in [-0.1, -0.05) is 31.5 Å². The molecular formula is C18H24N4OS. The first-order valence-electron chi connectivity index (χ1n) is 8.40. The van der Waals surface area contributed by atoms with E-state index >= 15 is 0 Å². The lowest BCUT2D eigenvalue weighted by molar-refractivity contribution is 0.350. The van der Waals surface area contributed by atoms with Crippen LogP contribution in [0.15, 0.2) is 28.0 Å². The monoisotopic (exact) mass is 344 g/mol. The highest BCUT2D eigenvalue weighted by atomic mass is 32.2. The molecule has 0 N–H and O–H groups in total. The molecule has 0 radical (unpaired) electrons. The van der Waals surface area contributed by atoms with Gasteiger partial charge < -0.3 is 9.32 Å². The summed E-state index contributed by atoms with van der Waals surface area (Å²) in [6, 6.07) is 3.91. The van der Waals surface area contributed by atoms with Gasteiger partial charge in [0.2, 0.25) is 5.95 Å². The molecule has 24 heavy (non-hydrogen) atoms. The summed E-state index contributed by atoms with van der Waals surface area (Å²) in [5, 5.41) is 9.81. The van der Waals surface area contributed by atoms with Gasteiger partial charge in [-0.15, -0.1) is 16.1 Å². The highest BCUT2D eigenvalue weighted by molar-refractivity contribution is 7.99. The van der Waals surface area contributed by atoms with Gasteiger partial charge in [0.15, 0.2) is 5.16 Å². The molecule has 0 spiro atoms. The molecule has 5 nitrogen and oxygen atoms in total. The molecule has 0 amide bonds. The van der Waals surface area contributed by atoms with Crippen LogP contribution in [-0.2, 0) is 6.54 Å². The Morgan fingerprint density at radius 3 is 2.75 bits per heavy atom. The molecule has 2 unspecified atom stereocenters. The summed E-state index contributed by atoms with van der Waals surface area (Å²) in [5.41, 5.74) is 0. The van der Waals surface area contributed by atoms with Crippen LogP contribution in [-0.4, -0.2) is 33.6 Å². The lowest BCUT2D eigenvalue weighted by Gasteiger charge is -2.35. The Morgan fingerprint density at radius 2 is 2.08 bits per heavy atom. The van der Waals surface area contributed by atoms with Gasteiger partial charge in [-0.25, -0.2) is 0 Å². The largest absolute Gasteiger partial charge is 0.467 e. The third-order valence-corrected chi connectivity index (χ3v) is 5.04. The number of furan rings is 1. The van der Waals surface area contributed by atoms with Crippen molar-refractivity contribution in [3.05, 3.63) is 24.2 Å². The molecule has 1 saturated heterocycles. The number of thioether (sulfide) groups is 1. The summed E-state index contributed by atoms with van der Waals surface area (Å²) in [5.74, 6) is 9.93. The molecule has 1 fully saturated rings. The van der Waals surface area contributed by atoms with Gasteiger partial charge in [0.05, 0.1) is 18.6 Å². The van der Waals surface area contributed by atoms with Crippen molar-refractivity contribution in [1.29, 1.82) is 0 Å². The lowest BCUT2D eigenvalue weighted by atomic mass is 9.92. The number of hydrogen-bond acceptors (Lipinski definition) is 5. The molecule has 128 valence electrons. The van der Waals surface area contributed by atoms with Gasteiger partial charge in [-0.2, -0.15) is 0 Å². The third-order valence-electron chi connectivity index (χ3n) is 4.19. The summed E-state index contributed by atoms with van der Waals surface area (Å²) in [7, 11) is 0. The summed E-state index contributed by atoms with van der Waals surface area (Å²) < 4.78 is 7.70. The maximum Gasteiger partial charge on any atom is 0.228 e. The van der Waals surface area contributed by atoms with Crippen molar-refractivity contribution in [2.75, 3.05) is 23.7 Å². The molecule has 1 aliphatic heterocycles. The van der Waals surface area contributed by atoms with Crippen LogP contribution >= 0.6 is 11.8 Å². The van der Waals surface area contributed by atoms with Crippen LogP contribution in [0.5, 0.6) is 0 Å². The Hall–Kier alpha value is -1.87. The minimum absolute atomic E-state index is 0.649. The fourth-order valence-corrected chi connectivity index (χ4v) is 4.06. The smallest absolute Gasteiger partial charge is 0.228 e. The van der Waals surface area contributed by atoms with E-state index < -0.39 is 0 Å². The SMILES string of the molecule is CC#CCSc1nnc(N2CC(C)CC(C)C2)n1Cc1ccco1. The average molecular weight is 344 g/mol. The van der Waals surface area contributed by atoms with E-state index in [1.807, 2.05) is 19.1 Å². The topological polar surface area (TPSA) is 47.1 Å². The van der Waals surface area contributed by atoms with Crippen LogP contribution in [0.3, 0.4) is 0 Å². The highest BCUT2D eigenvalue weighted by Crippen LogP contribution is 2.28. The predicted molar refractivity (Wildman–Crippen MR) is 97.2 cm³/mol. The zero-order chi connectivity index (χ0) is 16.9. The third kappa shape index (κ3) is 3.96. The Labute approximate surface area is 147 Å². The first-order valence-corrected chi connectivity index (χ1v) is 9.39. The number of piperidine rings is 1. The molecule has 6 heteroatoms. The average Bonchev–Trinajstić information content (AvgIpc) is 3.18. The second kappa shape index (κ2) is 7.80. The van der Waals surface area contributed by atoms with Gasteiger partial charge in [0.25, 0.3) is 0 Å². The zero-order valence-corrected chi connectivity index (χ0v) is 15.3. The van der Waals surface area contributed by atoms with Crippen LogP contribution in [0, 0.1) is 23.7 Å². The number of aromatic nitrogens is 3. The van der Waals surface area contributed by atoms with Crippen LogP contribution in [0.4, 0.5) is 5.95 Å². The minimum Gasteiger partial charge on any atom is -0.467 e. The van der Waals surface area contributed by atoms with Gasteiger partial charge in [0, 0.05) is 13.1 Å². The molecule has 0 bridgehead atoms. The highest BCUT2D eigenvalue weighted by Gasteiger charge is 2.26. The molecule has 2 aromatic rings. The molecular weight excluding hydrogens is 320 g/mol. The first-order chi connectivity index (χ1) is 11.7. The zero-order valence-electron chi connectivity index (χ0n) is 14.5. The number of rotatable bonds is 5. The van der Waals surface area contributed by atoms with Crippen molar-refractivity contribution in [3.63, 3.8) is 0 Å². The molecule has 2 atom stereocenters. The number of nitrogens with zero attached hydrogens (tertiary/aromatic N) is 4. The fourth-order valence-electron chi connectivity index (χ4n) is 3.32. The van der Waals surface area contributed by atoms with Crippen molar-refractivity contribution in [2.45, 2.75) is 38.9 Å². The maximum atomic E-state index is 5.54. The van der Waals surface area contributed by atoms with E-state index in [1.165, 1.54) is 6.42 Å². The molecule has 3 heterocycles. The summed E-state index contributed by atoms with van der Waals surface area (Å²) in [6.45, 7) is 9.18. The molecule has 2 aromatic heterocycles. The minimum atomic E-state index is 0.649. The van der Waals surface area contributed by atoms with E-state index in [0.717, 1.165) is 35.7 Å². The van der Waals surface area contributed by atoms with Crippen LogP contribution in [0.25, 0.3) is 0 Å². The second-order valence-electron chi connectivity index (χ2n) is 6.51. The van der Waals surface area contributed by atoms with Crippen LogP contribution in [0.1, 0.15) is 33.0 Å². The van der Waals surface area contributed by atoms with Gasteiger partial charge in [0.1, 0.15) is 5.76 Å². The van der Waals surface area contributed by atoms with Crippen LogP contribution < -0.4 is 4.90 Å². The van der Waals surface area contributed by atoms with E-state index in [1.54, 1.807) is 18.0 Å². The molecule has 3 rings (SSSR count). The normalized spacial score (nSPS) is 20.7. The first kappa shape index (κ1) is 17.0. The van der Waals surface area contributed by atoms with Crippen LogP contribution in [0.2, 0.25) is 0 Å². The summed E-state index contributed by atoms with van der Waals surface area (Å²) in [4.78, 5) is 2.37. The van der Waals surface area contributed by atoms with Gasteiger partial charge >= 0.3 is 0 Å². The number of anilines is 1. The van der Waals surface area contributed by atoms with E-state index in [4.69, 9.17) is 4.42 Å². The summed E-state index contributed by atoms with van der Waals surface area (Å²) >= 11 is 1.63. The van der Waals surface area contributed by atoms with Crippen molar-refractivity contribution >= 4 is 17.7 Å². The summed E-state index contributed by atoms with van der Waals surface area (Å²) in [6.07, 6.45) is 2.98. The predicted octanol–water partition coefficient (Wildman–Crippen LogP) is 3.52. The molecule has 1 aliphatic rings. The van der Waals surface area contributed by atoms with Crippen molar-refractivity contribution in [3.8, 4) is 11.8 Å². The molecule has 0 aliphatic carbocycles. The van der Waals surface area contributed by atoms with E-state index in [2.05, 4.69) is 45.4 Å². The van der Waals surface area contributed by atoms with Gasteiger partial charge in [-0.05, 0) is 37.3 Å². The van der Waals surface area contributed by atoms with E-state index in [-0.39, 0.29) is 0 Å². The number of hydrogen-bond donors (Lipinski definition) is 0. The second-order valence-corrected chi connectivity index (χ2v) is 7.46. The fraction of sp³-hybridized carbons (Fsp3) is 0.556. The Bertz CT molecular complexity index is 703. The quantitative estimate of drug-likeness (QED) is 0.613. The standard InChI is InChI=1S/C18H24N4OS/c1-4-5-9-24-18-20-19-17(21-11-14(2)10-15(3)12-21)22(18)13-16-7-6-8-23-16/h6-8,14-15H,9-13H2,1-3H3. The Balaban J connectivity index is 1.87. The van der Waals surface area contributed by atoms with Crippen molar-refractivity contribution in [1.82, 2.24) is 14.8 Å². The molecule has 0 saturated carbocycles. The maximum absolute atomic E-state index is 5.54. The molecule has 0 aromatic carbocycles. The van der Waals surface area contributed by atoms with Crippen molar-refractivity contribution in [2.24, 2.45) is 11.8 Å². The van der Waals surface area contributed by atoms with Gasteiger partial charge in [-0.3, -0.25) is 4.57 Å². The van der Waals surface area contributed by atoms with Crippen molar-refractivity contribution < 1.29 is 4.42 Å². The Morgan fingerprint density at radius 1 is 1.29 bits per heavy atom. The van der Waals surface area contributed by atoms with E-state index in [9.17, 15) is 0 Å². The lowest BCUT2D eigenvalue weighted by Crippen LogP contribution is -2.40. The Kier molecular flexibility index (Phi) is 5.52.